The summed E-state index contributed by atoms with van der Waals surface area (Å²) in [6.45, 7) is 0.950. The molecular weight excluding hydrogens is 282 g/mol. The van der Waals surface area contributed by atoms with Crippen LogP contribution in [0.1, 0.15) is 30.4 Å². The molecule has 3 atom stereocenters. The molecule has 0 radical (unpaired) electrons. The first-order valence-electron chi connectivity index (χ1n) is 8.54. The largest absolute Gasteiger partial charge is 0.387 e. The molecule has 0 aliphatic carbocycles. The minimum atomic E-state index is -0.335. The summed E-state index contributed by atoms with van der Waals surface area (Å²) in [5.74, 6) is 0. The second-order valence-electron chi connectivity index (χ2n) is 6.74. The first-order valence-corrected chi connectivity index (χ1v) is 8.54. The van der Waals surface area contributed by atoms with E-state index in [2.05, 4.69) is 65.6 Å². The minimum Gasteiger partial charge on any atom is -0.387 e. The molecule has 2 aromatic rings. The molecule has 2 heteroatoms. The van der Waals surface area contributed by atoms with E-state index in [9.17, 15) is 5.11 Å². The summed E-state index contributed by atoms with van der Waals surface area (Å²) in [5.41, 5.74) is 3.73. The summed E-state index contributed by atoms with van der Waals surface area (Å²) in [4.78, 5) is 2.52. The molecule has 0 saturated carbocycles. The van der Waals surface area contributed by atoms with Crippen molar-refractivity contribution in [1.29, 1.82) is 0 Å². The van der Waals surface area contributed by atoms with Crippen LogP contribution in [0.2, 0.25) is 0 Å². The number of piperidine rings is 1. The van der Waals surface area contributed by atoms with Crippen molar-refractivity contribution >= 4 is 6.08 Å². The van der Waals surface area contributed by atoms with Gasteiger partial charge >= 0.3 is 0 Å². The van der Waals surface area contributed by atoms with E-state index in [0.29, 0.717) is 6.04 Å². The van der Waals surface area contributed by atoms with Crippen molar-refractivity contribution in [3.63, 3.8) is 0 Å². The Morgan fingerprint density at radius 1 is 0.957 bits per heavy atom. The van der Waals surface area contributed by atoms with Gasteiger partial charge in [0, 0.05) is 18.6 Å². The first kappa shape index (κ1) is 14.7. The maximum absolute atomic E-state index is 10.9. The smallest absolute Gasteiger partial charge is 0.0909 e. The van der Waals surface area contributed by atoms with Crippen LogP contribution in [-0.4, -0.2) is 28.2 Å². The molecule has 2 saturated heterocycles. The summed E-state index contributed by atoms with van der Waals surface area (Å²) < 4.78 is 0. The molecule has 1 N–H and O–H groups in total. The highest BCUT2D eigenvalue weighted by atomic mass is 16.3. The number of aliphatic hydroxyl groups excluding tert-OH is 1. The Labute approximate surface area is 138 Å². The van der Waals surface area contributed by atoms with Crippen molar-refractivity contribution in [3.8, 4) is 0 Å². The normalized spacial score (nSPS) is 29.1. The van der Waals surface area contributed by atoms with Crippen LogP contribution in [0, 0.1) is 0 Å². The molecule has 2 aromatic carbocycles. The van der Waals surface area contributed by atoms with E-state index >= 15 is 0 Å². The van der Waals surface area contributed by atoms with Gasteiger partial charge in [0.1, 0.15) is 0 Å². The fraction of sp³-hybridized carbons (Fsp3) is 0.333. The van der Waals surface area contributed by atoms with E-state index in [1.54, 1.807) is 0 Å². The Bertz CT molecular complexity index is 680. The van der Waals surface area contributed by atoms with Crippen LogP contribution in [0.25, 0.3) is 6.08 Å². The van der Waals surface area contributed by atoms with Crippen molar-refractivity contribution in [2.24, 2.45) is 0 Å². The average molecular weight is 305 g/mol. The van der Waals surface area contributed by atoms with Crippen molar-refractivity contribution in [2.75, 3.05) is 0 Å². The molecule has 2 bridgehead atoms. The predicted octanol–water partition coefficient (Wildman–Crippen LogP) is 3.87. The van der Waals surface area contributed by atoms with Gasteiger partial charge in [-0.25, -0.2) is 0 Å². The SMILES string of the molecule is OC1C(=Cc2ccccc2)CC2CCC1N2Cc1ccccc1. The van der Waals surface area contributed by atoms with E-state index in [4.69, 9.17) is 0 Å². The maximum Gasteiger partial charge on any atom is 0.0909 e. The lowest BCUT2D eigenvalue weighted by Crippen LogP contribution is -2.48. The van der Waals surface area contributed by atoms with Crippen LogP contribution in [0.15, 0.2) is 66.2 Å². The Kier molecular flexibility index (Phi) is 4.02. The number of hydrogen-bond donors (Lipinski definition) is 1. The fourth-order valence-electron chi connectivity index (χ4n) is 4.11. The molecule has 2 aliphatic rings. The lowest BCUT2D eigenvalue weighted by Gasteiger charge is -2.39. The molecule has 3 unspecified atom stereocenters. The molecular formula is C21H23NO. The molecule has 118 valence electrons. The van der Waals surface area contributed by atoms with Gasteiger partial charge in [0.25, 0.3) is 0 Å². The zero-order valence-electron chi connectivity index (χ0n) is 13.3. The van der Waals surface area contributed by atoms with Gasteiger partial charge < -0.3 is 5.11 Å². The van der Waals surface area contributed by atoms with Gasteiger partial charge in [-0.2, -0.15) is 0 Å². The number of benzene rings is 2. The van der Waals surface area contributed by atoms with Gasteiger partial charge in [-0.3, -0.25) is 4.90 Å². The van der Waals surface area contributed by atoms with E-state index in [0.717, 1.165) is 19.4 Å². The molecule has 2 heterocycles. The second kappa shape index (κ2) is 6.31. The molecule has 2 aliphatic heterocycles. The third-order valence-corrected chi connectivity index (χ3v) is 5.27. The van der Waals surface area contributed by atoms with Crippen molar-refractivity contribution in [1.82, 2.24) is 4.90 Å². The van der Waals surface area contributed by atoms with Gasteiger partial charge in [0.15, 0.2) is 0 Å². The van der Waals surface area contributed by atoms with E-state index in [1.165, 1.54) is 23.1 Å². The quantitative estimate of drug-likeness (QED) is 0.930. The third-order valence-electron chi connectivity index (χ3n) is 5.27. The van der Waals surface area contributed by atoms with Gasteiger partial charge in [-0.1, -0.05) is 66.7 Å². The summed E-state index contributed by atoms with van der Waals surface area (Å²) in [6, 6.07) is 21.8. The number of hydrogen-bond acceptors (Lipinski definition) is 2. The number of nitrogens with zero attached hydrogens (tertiary/aromatic N) is 1. The van der Waals surface area contributed by atoms with Crippen LogP contribution in [0.5, 0.6) is 0 Å². The zero-order chi connectivity index (χ0) is 15.6. The Morgan fingerprint density at radius 3 is 2.39 bits per heavy atom. The summed E-state index contributed by atoms with van der Waals surface area (Å²) >= 11 is 0. The van der Waals surface area contributed by atoms with Crippen molar-refractivity contribution < 1.29 is 5.11 Å². The third kappa shape index (κ3) is 2.97. The molecule has 0 amide bonds. The van der Waals surface area contributed by atoms with Gasteiger partial charge in [0.2, 0.25) is 0 Å². The van der Waals surface area contributed by atoms with Gasteiger partial charge in [-0.05, 0) is 36.0 Å². The average Bonchev–Trinajstić information content (AvgIpc) is 2.90. The summed E-state index contributed by atoms with van der Waals surface area (Å²) in [7, 11) is 0. The standard InChI is InChI=1S/C21H23NO/c23-21-18(13-16-7-3-1-4-8-16)14-19-11-12-20(21)22(19)15-17-9-5-2-6-10-17/h1-10,13,19-21,23H,11-12,14-15H2. The number of rotatable bonds is 3. The monoisotopic (exact) mass is 305 g/mol. The van der Waals surface area contributed by atoms with Crippen LogP contribution < -0.4 is 0 Å². The Morgan fingerprint density at radius 2 is 1.65 bits per heavy atom. The number of fused-ring (bicyclic) bond motifs is 2. The highest BCUT2D eigenvalue weighted by molar-refractivity contribution is 5.54. The van der Waals surface area contributed by atoms with Crippen LogP contribution in [0.4, 0.5) is 0 Å². The Hall–Kier alpha value is -1.90. The minimum absolute atomic E-state index is 0.268. The van der Waals surface area contributed by atoms with Crippen LogP contribution >= 0.6 is 0 Å². The molecule has 0 spiro atoms. The summed E-state index contributed by atoms with van der Waals surface area (Å²) in [5, 5.41) is 10.9. The molecule has 23 heavy (non-hydrogen) atoms. The van der Waals surface area contributed by atoms with Crippen molar-refractivity contribution in [3.05, 3.63) is 77.4 Å². The van der Waals surface area contributed by atoms with Gasteiger partial charge in [0.05, 0.1) is 6.10 Å². The van der Waals surface area contributed by atoms with Crippen molar-refractivity contribution in [2.45, 2.75) is 44.0 Å². The maximum atomic E-state index is 10.9. The molecule has 0 aromatic heterocycles. The van der Waals surface area contributed by atoms with E-state index in [1.807, 2.05) is 6.07 Å². The van der Waals surface area contributed by atoms with Gasteiger partial charge in [-0.15, -0.1) is 0 Å². The number of aliphatic hydroxyl groups is 1. The van der Waals surface area contributed by atoms with E-state index < -0.39 is 0 Å². The van der Waals surface area contributed by atoms with Crippen LogP contribution in [-0.2, 0) is 6.54 Å². The second-order valence-corrected chi connectivity index (χ2v) is 6.74. The summed E-state index contributed by atoms with van der Waals surface area (Å²) in [6.07, 6.45) is 5.14. The highest BCUT2D eigenvalue weighted by Gasteiger charge is 2.43. The Balaban J connectivity index is 1.55. The van der Waals surface area contributed by atoms with E-state index in [-0.39, 0.29) is 12.1 Å². The zero-order valence-corrected chi connectivity index (χ0v) is 13.3. The molecule has 4 rings (SSSR count). The molecule has 2 fully saturated rings. The lowest BCUT2D eigenvalue weighted by molar-refractivity contribution is 0.0466. The predicted molar refractivity (Wildman–Crippen MR) is 93.8 cm³/mol. The van der Waals surface area contributed by atoms with Crippen LogP contribution in [0.3, 0.4) is 0 Å². The lowest BCUT2D eigenvalue weighted by atomic mass is 9.91. The molecule has 2 nitrogen and oxygen atoms in total. The highest BCUT2D eigenvalue weighted by Crippen LogP contribution is 2.40. The topological polar surface area (TPSA) is 23.5 Å². The fourth-order valence-corrected chi connectivity index (χ4v) is 4.11. The first-order chi connectivity index (χ1) is 11.3.